The van der Waals surface area contributed by atoms with Gasteiger partial charge in [0.05, 0.1) is 0 Å². The molecule has 0 aromatic carbocycles. The Morgan fingerprint density at radius 2 is 1.78 bits per heavy atom. The van der Waals surface area contributed by atoms with E-state index in [9.17, 15) is 4.79 Å². The largest absolute Gasteiger partial charge is 0.465 e. The molecule has 4 heteroatoms. The van der Waals surface area contributed by atoms with E-state index in [-0.39, 0.29) is 12.4 Å². The number of carbonyl (C=O) groups is 1. The van der Waals surface area contributed by atoms with Gasteiger partial charge in [0.25, 0.3) is 0 Å². The van der Waals surface area contributed by atoms with Gasteiger partial charge < -0.3 is 10.0 Å². The molecule has 0 radical (unpaired) electrons. The molecular weight excluding hydrogens is 142 g/mol. The highest BCUT2D eigenvalue weighted by Crippen LogP contribution is 1.84. The average Bonchev–Trinajstić information content (AvgIpc) is 1.69. The van der Waals surface area contributed by atoms with Gasteiger partial charge in [0.1, 0.15) is 0 Å². The summed E-state index contributed by atoms with van der Waals surface area (Å²) in [6.45, 7) is 4.78. The fraction of sp³-hybridized carbons (Fsp3) is 0.800. The second-order valence-corrected chi connectivity index (χ2v) is 1.45. The third kappa shape index (κ3) is 4.09. The third-order valence-corrected chi connectivity index (χ3v) is 1.03. The van der Waals surface area contributed by atoms with Gasteiger partial charge in [-0.15, -0.1) is 12.4 Å². The van der Waals surface area contributed by atoms with Crippen molar-refractivity contribution in [3.63, 3.8) is 0 Å². The molecule has 0 aliphatic heterocycles. The van der Waals surface area contributed by atoms with Crippen LogP contribution in [0.2, 0.25) is 0 Å². The van der Waals surface area contributed by atoms with E-state index in [4.69, 9.17) is 5.11 Å². The highest BCUT2D eigenvalue weighted by molar-refractivity contribution is 5.85. The van der Waals surface area contributed by atoms with Gasteiger partial charge in [-0.3, -0.25) is 0 Å². The van der Waals surface area contributed by atoms with Gasteiger partial charge in [-0.25, -0.2) is 4.79 Å². The van der Waals surface area contributed by atoms with Crippen LogP contribution in [-0.2, 0) is 0 Å². The molecule has 9 heavy (non-hydrogen) atoms. The summed E-state index contributed by atoms with van der Waals surface area (Å²) in [5.41, 5.74) is 0. The molecule has 3 nitrogen and oxygen atoms in total. The van der Waals surface area contributed by atoms with E-state index in [0.717, 1.165) is 0 Å². The normalized spacial score (nSPS) is 7.78. The zero-order valence-electron chi connectivity index (χ0n) is 5.63. The lowest BCUT2D eigenvalue weighted by Crippen LogP contribution is -2.28. The highest BCUT2D eigenvalue weighted by atomic mass is 35.5. The van der Waals surface area contributed by atoms with Gasteiger partial charge in [0, 0.05) is 13.1 Å². The second kappa shape index (κ2) is 5.69. The molecule has 0 unspecified atom stereocenters. The molecule has 0 bridgehead atoms. The predicted molar refractivity (Wildman–Crippen MR) is 38.2 cm³/mol. The molecule has 0 aliphatic rings. The summed E-state index contributed by atoms with van der Waals surface area (Å²) in [5, 5.41) is 8.30. The topological polar surface area (TPSA) is 40.5 Å². The summed E-state index contributed by atoms with van der Waals surface area (Å²) in [6, 6.07) is 0. The van der Waals surface area contributed by atoms with Crippen LogP contribution in [0.5, 0.6) is 0 Å². The van der Waals surface area contributed by atoms with Crippen molar-refractivity contribution in [2.24, 2.45) is 0 Å². The summed E-state index contributed by atoms with van der Waals surface area (Å²) >= 11 is 0. The summed E-state index contributed by atoms with van der Waals surface area (Å²) in [4.78, 5) is 11.4. The van der Waals surface area contributed by atoms with E-state index in [2.05, 4.69) is 0 Å². The first-order valence-electron chi connectivity index (χ1n) is 2.70. The Labute approximate surface area is 61.1 Å². The summed E-state index contributed by atoms with van der Waals surface area (Å²) in [5.74, 6) is 0. The maximum absolute atomic E-state index is 10.1. The lowest BCUT2D eigenvalue weighted by Gasteiger charge is -2.12. The van der Waals surface area contributed by atoms with Gasteiger partial charge in [0.2, 0.25) is 0 Å². The zero-order valence-corrected chi connectivity index (χ0v) is 6.44. The van der Waals surface area contributed by atoms with Crippen LogP contribution in [0.15, 0.2) is 0 Å². The smallest absolute Gasteiger partial charge is 0.407 e. The highest BCUT2D eigenvalue weighted by Gasteiger charge is 2.02. The molecule has 1 amide bonds. The van der Waals surface area contributed by atoms with Crippen LogP contribution in [-0.4, -0.2) is 29.2 Å². The minimum absolute atomic E-state index is 0. The van der Waals surface area contributed by atoms with Gasteiger partial charge in [0.15, 0.2) is 0 Å². The first kappa shape index (κ1) is 11.4. The van der Waals surface area contributed by atoms with E-state index in [0.29, 0.717) is 13.1 Å². The van der Waals surface area contributed by atoms with Crippen LogP contribution in [0.3, 0.4) is 0 Å². The van der Waals surface area contributed by atoms with Crippen molar-refractivity contribution in [1.29, 1.82) is 0 Å². The van der Waals surface area contributed by atoms with Crippen molar-refractivity contribution >= 4 is 18.5 Å². The number of hydrogen-bond acceptors (Lipinski definition) is 1. The molecule has 0 heterocycles. The van der Waals surface area contributed by atoms with Crippen LogP contribution >= 0.6 is 12.4 Å². The second-order valence-electron chi connectivity index (χ2n) is 1.45. The number of rotatable bonds is 2. The Morgan fingerprint density at radius 1 is 1.44 bits per heavy atom. The van der Waals surface area contributed by atoms with Crippen LogP contribution in [0.1, 0.15) is 13.8 Å². The minimum atomic E-state index is -0.838. The number of amides is 1. The van der Waals surface area contributed by atoms with Gasteiger partial charge in [-0.05, 0) is 13.8 Å². The Balaban J connectivity index is 0. The molecule has 0 saturated heterocycles. The zero-order chi connectivity index (χ0) is 6.57. The Bertz CT molecular complexity index is 83.0. The minimum Gasteiger partial charge on any atom is -0.465 e. The van der Waals surface area contributed by atoms with Crippen molar-refractivity contribution in [3.8, 4) is 0 Å². The van der Waals surface area contributed by atoms with E-state index < -0.39 is 6.09 Å². The van der Waals surface area contributed by atoms with Gasteiger partial charge in [-0.2, -0.15) is 0 Å². The molecule has 1 N–H and O–H groups in total. The van der Waals surface area contributed by atoms with E-state index in [1.807, 2.05) is 13.8 Å². The van der Waals surface area contributed by atoms with Crippen molar-refractivity contribution in [3.05, 3.63) is 0 Å². The lowest BCUT2D eigenvalue weighted by molar-refractivity contribution is 0.150. The summed E-state index contributed by atoms with van der Waals surface area (Å²) < 4.78 is 0. The van der Waals surface area contributed by atoms with Gasteiger partial charge in [-0.1, -0.05) is 0 Å². The van der Waals surface area contributed by atoms with Crippen molar-refractivity contribution in [2.45, 2.75) is 13.8 Å². The molecule has 56 valence electrons. The molecule has 0 aromatic rings. The van der Waals surface area contributed by atoms with Crippen molar-refractivity contribution in [2.75, 3.05) is 13.1 Å². The number of hydrogen-bond donors (Lipinski definition) is 1. The summed E-state index contributed by atoms with van der Waals surface area (Å²) in [7, 11) is 0. The molecule has 0 atom stereocenters. The Hall–Kier alpha value is -0.440. The molecule has 0 saturated carbocycles. The average molecular weight is 154 g/mol. The van der Waals surface area contributed by atoms with E-state index >= 15 is 0 Å². The fourth-order valence-electron chi connectivity index (χ4n) is 0.494. The lowest BCUT2D eigenvalue weighted by atomic mass is 10.6. The molecular formula is C5H12ClNO2. The van der Waals surface area contributed by atoms with Crippen LogP contribution in [0.4, 0.5) is 4.79 Å². The summed E-state index contributed by atoms with van der Waals surface area (Å²) in [6.07, 6.45) is -0.838. The standard InChI is InChI=1S/C5H11NO2.ClH/c1-3-6(4-2)5(7)8;/h3-4H2,1-2H3,(H,7,8);1H. The first-order chi connectivity index (χ1) is 3.72. The van der Waals surface area contributed by atoms with Crippen molar-refractivity contribution in [1.82, 2.24) is 4.90 Å². The molecule has 0 rings (SSSR count). The van der Waals surface area contributed by atoms with Gasteiger partial charge >= 0.3 is 6.09 Å². The SMILES string of the molecule is CCN(CC)C(=O)O.Cl. The molecule has 0 aromatic heterocycles. The molecule has 0 spiro atoms. The number of carboxylic acid groups (broad SMARTS) is 1. The maximum atomic E-state index is 10.1. The molecule has 0 fully saturated rings. The van der Waals surface area contributed by atoms with Crippen LogP contribution in [0, 0.1) is 0 Å². The monoisotopic (exact) mass is 153 g/mol. The Morgan fingerprint density at radius 3 is 1.78 bits per heavy atom. The molecule has 0 aliphatic carbocycles. The van der Waals surface area contributed by atoms with E-state index in [1.54, 1.807) is 0 Å². The predicted octanol–water partition coefficient (Wildman–Crippen LogP) is 1.43. The fourth-order valence-corrected chi connectivity index (χ4v) is 0.494. The quantitative estimate of drug-likeness (QED) is 0.652. The van der Waals surface area contributed by atoms with Crippen LogP contribution in [0.25, 0.3) is 0 Å². The Kier molecular flexibility index (Phi) is 7.19. The first-order valence-corrected chi connectivity index (χ1v) is 2.70. The number of nitrogens with zero attached hydrogens (tertiary/aromatic N) is 1. The maximum Gasteiger partial charge on any atom is 0.407 e. The third-order valence-electron chi connectivity index (χ3n) is 1.03. The van der Waals surface area contributed by atoms with Crippen LogP contribution < -0.4 is 0 Å². The van der Waals surface area contributed by atoms with E-state index in [1.165, 1.54) is 4.90 Å². The number of halogens is 1. The van der Waals surface area contributed by atoms with Crippen molar-refractivity contribution < 1.29 is 9.90 Å².